The molecule has 0 saturated carbocycles. The van der Waals surface area contributed by atoms with E-state index in [0.29, 0.717) is 23.5 Å². The zero-order valence-corrected chi connectivity index (χ0v) is 14.3. The molecule has 0 amide bonds. The molecule has 1 aliphatic heterocycles. The van der Waals surface area contributed by atoms with E-state index in [1.165, 1.54) is 6.33 Å². The lowest BCUT2D eigenvalue weighted by atomic mass is 10.1. The van der Waals surface area contributed by atoms with Crippen LogP contribution in [-0.2, 0) is 0 Å². The number of aliphatic hydroxyl groups excluding tert-OH is 1. The van der Waals surface area contributed by atoms with Crippen molar-refractivity contribution in [3.05, 3.63) is 24.3 Å². The Morgan fingerprint density at radius 1 is 1.00 bits per heavy atom. The Labute approximate surface area is 140 Å². The minimum absolute atomic E-state index is 0.183. The summed E-state index contributed by atoms with van der Waals surface area (Å²) in [6, 6.07) is 0.365. The first-order valence-electron chi connectivity index (χ1n) is 8.01. The lowest BCUT2D eigenvalue weighted by molar-refractivity contribution is 0.188. The molecule has 0 aromatic carbocycles. The van der Waals surface area contributed by atoms with E-state index in [-0.39, 0.29) is 12.1 Å². The maximum atomic E-state index is 9.67. The Kier molecular flexibility index (Phi) is 4.52. The van der Waals surface area contributed by atoms with Gasteiger partial charge in [-0.25, -0.2) is 19.9 Å². The van der Waals surface area contributed by atoms with Gasteiger partial charge in [0.15, 0.2) is 5.82 Å². The number of piperazine rings is 1. The summed E-state index contributed by atoms with van der Waals surface area (Å²) in [5, 5.41) is 9.67. The zero-order valence-electron chi connectivity index (χ0n) is 14.3. The first kappa shape index (κ1) is 16.4. The smallest absolute Gasteiger partial charge is 0.229 e. The molecule has 0 radical (unpaired) electrons. The van der Waals surface area contributed by atoms with E-state index in [1.54, 1.807) is 13.3 Å². The summed E-state index contributed by atoms with van der Waals surface area (Å²) in [6.07, 6.45) is 2.28. The fourth-order valence-corrected chi connectivity index (χ4v) is 3.02. The van der Waals surface area contributed by atoms with Crippen molar-refractivity contribution in [1.29, 1.82) is 0 Å². The van der Waals surface area contributed by atoms with E-state index in [9.17, 15) is 5.11 Å². The second kappa shape index (κ2) is 6.60. The third-order valence-corrected chi connectivity index (χ3v) is 4.06. The van der Waals surface area contributed by atoms with E-state index < -0.39 is 6.10 Å². The lowest BCUT2D eigenvalue weighted by Gasteiger charge is -2.44. The molecule has 128 valence electrons. The molecule has 2 aromatic heterocycles. The van der Waals surface area contributed by atoms with Crippen molar-refractivity contribution in [1.82, 2.24) is 29.9 Å². The van der Waals surface area contributed by atoms with E-state index in [2.05, 4.69) is 53.6 Å². The molecule has 1 N–H and O–H groups in total. The first-order valence-corrected chi connectivity index (χ1v) is 8.01. The summed E-state index contributed by atoms with van der Waals surface area (Å²) >= 11 is 0. The van der Waals surface area contributed by atoms with Crippen LogP contribution in [0.3, 0.4) is 0 Å². The Morgan fingerprint density at radius 3 is 2.25 bits per heavy atom. The number of aromatic nitrogens is 6. The number of hydrogen-bond acceptors (Lipinski definition) is 9. The molecule has 1 fully saturated rings. The van der Waals surface area contributed by atoms with Crippen molar-refractivity contribution in [2.45, 2.75) is 45.9 Å². The number of rotatable bonds is 3. The van der Waals surface area contributed by atoms with Gasteiger partial charge in [-0.05, 0) is 27.7 Å². The molecule has 3 atom stereocenters. The second-order valence-electron chi connectivity index (χ2n) is 6.16. The summed E-state index contributed by atoms with van der Waals surface area (Å²) in [5.74, 6) is 2.38. The van der Waals surface area contributed by atoms with Crippen LogP contribution < -0.4 is 9.80 Å². The monoisotopic (exact) mass is 330 g/mol. The summed E-state index contributed by atoms with van der Waals surface area (Å²) in [7, 11) is 0. The molecular formula is C15H22N8O. The van der Waals surface area contributed by atoms with Gasteiger partial charge in [0.1, 0.15) is 24.6 Å². The van der Waals surface area contributed by atoms with Crippen LogP contribution in [0.5, 0.6) is 0 Å². The van der Waals surface area contributed by atoms with Crippen molar-refractivity contribution in [2.24, 2.45) is 0 Å². The standard InChI is InChI=1S/C15H22N8O/c1-9-5-22(14-18-8-17-13(21-14)11(3)24)6-10(2)23(9)15-19-7-16-12(4)20-15/h7-11,24H,5-6H2,1-4H3. The zero-order chi connectivity index (χ0) is 17.3. The van der Waals surface area contributed by atoms with E-state index in [0.717, 1.165) is 13.1 Å². The maximum absolute atomic E-state index is 9.67. The molecule has 1 saturated heterocycles. The van der Waals surface area contributed by atoms with Crippen molar-refractivity contribution < 1.29 is 5.11 Å². The third kappa shape index (κ3) is 3.25. The number of nitrogens with zero attached hydrogens (tertiary/aromatic N) is 8. The van der Waals surface area contributed by atoms with Gasteiger partial charge in [0.2, 0.25) is 11.9 Å². The van der Waals surface area contributed by atoms with Crippen LogP contribution in [0.15, 0.2) is 12.7 Å². The molecule has 9 heteroatoms. The molecule has 3 rings (SSSR count). The summed E-state index contributed by atoms with van der Waals surface area (Å²) in [6.45, 7) is 9.22. The van der Waals surface area contributed by atoms with Crippen LogP contribution in [0.2, 0.25) is 0 Å². The quantitative estimate of drug-likeness (QED) is 0.862. The van der Waals surface area contributed by atoms with Crippen LogP contribution in [0.4, 0.5) is 11.9 Å². The predicted octanol–water partition coefficient (Wildman–Crippen LogP) is 0.522. The molecule has 3 heterocycles. The number of aryl methyl sites for hydroxylation is 1. The molecule has 24 heavy (non-hydrogen) atoms. The number of aliphatic hydroxyl groups is 1. The Hall–Kier alpha value is -2.42. The second-order valence-corrected chi connectivity index (χ2v) is 6.16. The highest BCUT2D eigenvalue weighted by Crippen LogP contribution is 2.23. The maximum Gasteiger partial charge on any atom is 0.229 e. The minimum atomic E-state index is -0.712. The Balaban J connectivity index is 1.81. The molecule has 0 spiro atoms. The normalized spacial score (nSPS) is 22.5. The topological polar surface area (TPSA) is 104 Å². The van der Waals surface area contributed by atoms with Gasteiger partial charge in [0.05, 0.1) is 0 Å². The van der Waals surface area contributed by atoms with Gasteiger partial charge >= 0.3 is 0 Å². The van der Waals surface area contributed by atoms with Crippen molar-refractivity contribution in [3.63, 3.8) is 0 Å². The minimum Gasteiger partial charge on any atom is -0.385 e. The first-order chi connectivity index (χ1) is 11.5. The Bertz CT molecular complexity index is 697. The van der Waals surface area contributed by atoms with Gasteiger partial charge in [0, 0.05) is 25.2 Å². The van der Waals surface area contributed by atoms with E-state index >= 15 is 0 Å². The molecule has 1 aliphatic rings. The molecular weight excluding hydrogens is 308 g/mol. The van der Waals surface area contributed by atoms with E-state index in [1.807, 2.05) is 6.92 Å². The number of anilines is 2. The fraction of sp³-hybridized carbons (Fsp3) is 0.600. The number of hydrogen-bond donors (Lipinski definition) is 1. The lowest BCUT2D eigenvalue weighted by Crippen LogP contribution is -2.58. The molecule has 3 unspecified atom stereocenters. The van der Waals surface area contributed by atoms with Crippen LogP contribution in [-0.4, -0.2) is 60.2 Å². The van der Waals surface area contributed by atoms with Crippen molar-refractivity contribution in [2.75, 3.05) is 22.9 Å². The third-order valence-electron chi connectivity index (χ3n) is 4.06. The van der Waals surface area contributed by atoms with Crippen molar-refractivity contribution in [3.8, 4) is 0 Å². The van der Waals surface area contributed by atoms with Crippen LogP contribution in [0, 0.1) is 6.92 Å². The predicted molar refractivity (Wildman–Crippen MR) is 88.6 cm³/mol. The largest absolute Gasteiger partial charge is 0.385 e. The van der Waals surface area contributed by atoms with Crippen LogP contribution in [0.25, 0.3) is 0 Å². The van der Waals surface area contributed by atoms with Crippen LogP contribution in [0.1, 0.15) is 38.5 Å². The average molecular weight is 330 g/mol. The molecule has 0 aliphatic carbocycles. The molecule has 0 bridgehead atoms. The summed E-state index contributed by atoms with van der Waals surface area (Å²) < 4.78 is 0. The van der Waals surface area contributed by atoms with Gasteiger partial charge in [-0.2, -0.15) is 9.97 Å². The van der Waals surface area contributed by atoms with Gasteiger partial charge in [-0.3, -0.25) is 0 Å². The molecule has 2 aromatic rings. The van der Waals surface area contributed by atoms with Gasteiger partial charge in [-0.15, -0.1) is 0 Å². The highest BCUT2D eigenvalue weighted by Gasteiger charge is 2.32. The summed E-state index contributed by atoms with van der Waals surface area (Å²) in [5.41, 5.74) is 0. The van der Waals surface area contributed by atoms with Crippen LogP contribution >= 0.6 is 0 Å². The summed E-state index contributed by atoms with van der Waals surface area (Å²) in [4.78, 5) is 29.8. The molecule has 9 nitrogen and oxygen atoms in total. The van der Waals surface area contributed by atoms with E-state index in [4.69, 9.17) is 0 Å². The van der Waals surface area contributed by atoms with Crippen molar-refractivity contribution >= 4 is 11.9 Å². The van der Waals surface area contributed by atoms with Gasteiger partial charge in [0.25, 0.3) is 0 Å². The van der Waals surface area contributed by atoms with Gasteiger partial charge < -0.3 is 14.9 Å². The highest BCUT2D eigenvalue weighted by atomic mass is 16.3. The Morgan fingerprint density at radius 2 is 1.62 bits per heavy atom. The SMILES string of the molecule is Cc1ncnc(N2C(C)CN(c3ncnc(C(C)O)n3)CC2C)n1. The average Bonchev–Trinajstić information content (AvgIpc) is 2.54. The highest BCUT2D eigenvalue weighted by molar-refractivity contribution is 5.40. The van der Waals surface area contributed by atoms with Gasteiger partial charge in [-0.1, -0.05) is 0 Å². The fourth-order valence-electron chi connectivity index (χ4n) is 3.02.